The van der Waals surface area contributed by atoms with Crippen LogP contribution in [0.1, 0.15) is 19.4 Å². The largest absolute Gasteiger partial charge is 0.338 e. The summed E-state index contributed by atoms with van der Waals surface area (Å²) in [5.74, 6) is 0.0759. The average Bonchev–Trinajstić information content (AvgIpc) is 3.14. The van der Waals surface area contributed by atoms with Gasteiger partial charge in [0.1, 0.15) is 6.33 Å². The van der Waals surface area contributed by atoms with Gasteiger partial charge in [0.2, 0.25) is 5.91 Å². The fraction of sp³-hybridized carbons (Fsp3) is 0.250. The summed E-state index contributed by atoms with van der Waals surface area (Å²) in [5, 5.41) is 9.19. The minimum atomic E-state index is -0.282. The molecule has 0 N–H and O–H groups in total. The van der Waals surface area contributed by atoms with Gasteiger partial charge in [-0.3, -0.25) is 9.36 Å². The van der Waals surface area contributed by atoms with Crippen LogP contribution in [0.25, 0.3) is 5.69 Å². The van der Waals surface area contributed by atoms with Crippen molar-refractivity contribution in [3.8, 4) is 5.69 Å². The Morgan fingerprint density at radius 1 is 1.22 bits per heavy atom. The number of carbonyl (C=O) groups excluding carboxylic acids is 1. The predicted molar refractivity (Wildman–Crippen MR) is 109 cm³/mol. The Morgan fingerprint density at radius 2 is 2.00 bits per heavy atom. The summed E-state index contributed by atoms with van der Waals surface area (Å²) in [6, 6.07) is 17.5. The number of amides is 1. The normalized spacial score (nSPS) is 12.0. The quantitative estimate of drug-likeness (QED) is 0.550. The Bertz CT molecular complexity index is 900. The number of hydrogen-bond donors (Lipinski definition) is 0. The topological polar surface area (TPSA) is 51.0 Å². The van der Waals surface area contributed by atoms with Gasteiger partial charge in [-0.2, -0.15) is 0 Å². The summed E-state index contributed by atoms with van der Waals surface area (Å²) in [5.41, 5.74) is 1.98. The van der Waals surface area contributed by atoms with Crippen molar-refractivity contribution < 1.29 is 4.79 Å². The van der Waals surface area contributed by atoms with Gasteiger partial charge in [0, 0.05) is 18.1 Å². The first-order valence-electron chi connectivity index (χ1n) is 8.73. The van der Waals surface area contributed by atoms with Crippen LogP contribution in [0.4, 0.5) is 0 Å². The maximum Gasteiger partial charge on any atom is 0.236 e. The molecule has 0 saturated carbocycles. The van der Waals surface area contributed by atoms with Gasteiger partial charge < -0.3 is 4.90 Å². The molecule has 0 aliphatic carbocycles. The van der Waals surface area contributed by atoms with E-state index < -0.39 is 0 Å². The second-order valence-corrected chi connectivity index (χ2v) is 7.81. The molecule has 1 unspecified atom stereocenters. The first-order valence-corrected chi connectivity index (χ1v) is 9.99. The van der Waals surface area contributed by atoms with E-state index in [1.165, 1.54) is 11.8 Å². The number of nitrogens with zero attached hydrogens (tertiary/aromatic N) is 4. The highest BCUT2D eigenvalue weighted by Crippen LogP contribution is 2.26. The van der Waals surface area contributed by atoms with Crippen LogP contribution in [0.5, 0.6) is 0 Å². The summed E-state index contributed by atoms with van der Waals surface area (Å²) in [6.07, 6.45) is 1.63. The van der Waals surface area contributed by atoms with Crippen molar-refractivity contribution in [1.82, 2.24) is 19.7 Å². The predicted octanol–water partition coefficient (Wildman–Crippen LogP) is 4.45. The van der Waals surface area contributed by atoms with Crippen molar-refractivity contribution >= 4 is 29.3 Å². The van der Waals surface area contributed by atoms with Crippen LogP contribution in [0.15, 0.2) is 66.1 Å². The van der Waals surface area contributed by atoms with Crippen molar-refractivity contribution in [3.63, 3.8) is 0 Å². The smallest absolute Gasteiger partial charge is 0.236 e. The Hall–Kier alpha value is -2.31. The van der Waals surface area contributed by atoms with Crippen molar-refractivity contribution in [2.75, 3.05) is 6.54 Å². The van der Waals surface area contributed by atoms with Crippen molar-refractivity contribution in [2.45, 2.75) is 30.8 Å². The summed E-state index contributed by atoms with van der Waals surface area (Å²) >= 11 is 7.48. The van der Waals surface area contributed by atoms with Gasteiger partial charge in [-0.1, -0.05) is 59.8 Å². The molecular formula is C20H21ClN4OS. The van der Waals surface area contributed by atoms with E-state index in [2.05, 4.69) is 10.2 Å². The SMILES string of the molecule is CCN(Cc1ccccc1)C(=O)C(C)Sc1nncn1-c1cccc(Cl)c1. The number of carbonyl (C=O) groups is 1. The lowest BCUT2D eigenvalue weighted by Crippen LogP contribution is -2.36. The lowest BCUT2D eigenvalue weighted by atomic mass is 10.2. The molecule has 0 fully saturated rings. The number of benzene rings is 2. The number of rotatable bonds is 7. The van der Waals surface area contributed by atoms with Crippen LogP contribution in [0.3, 0.4) is 0 Å². The van der Waals surface area contributed by atoms with E-state index in [1.54, 1.807) is 6.33 Å². The molecule has 1 amide bonds. The van der Waals surface area contributed by atoms with Crippen molar-refractivity contribution in [1.29, 1.82) is 0 Å². The molecule has 1 aromatic heterocycles. The van der Waals surface area contributed by atoms with Crippen LogP contribution in [-0.2, 0) is 11.3 Å². The van der Waals surface area contributed by atoms with Crippen molar-refractivity contribution in [2.24, 2.45) is 0 Å². The van der Waals surface area contributed by atoms with Gasteiger partial charge in [0.05, 0.1) is 10.9 Å². The number of aromatic nitrogens is 3. The molecule has 0 aliphatic rings. The third-order valence-corrected chi connectivity index (χ3v) is 5.42. The molecule has 0 radical (unpaired) electrons. The van der Waals surface area contributed by atoms with Gasteiger partial charge >= 0.3 is 0 Å². The van der Waals surface area contributed by atoms with Crippen LogP contribution < -0.4 is 0 Å². The number of halogens is 1. The van der Waals surface area contributed by atoms with E-state index in [0.29, 0.717) is 23.3 Å². The molecule has 3 rings (SSSR count). The van der Waals surface area contributed by atoms with Gasteiger partial charge in [-0.25, -0.2) is 0 Å². The molecule has 140 valence electrons. The second-order valence-electron chi connectivity index (χ2n) is 6.06. The fourth-order valence-electron chi connectivity index (χ4n) is 2.72. The molecule has 5 nitrogen and oxygen atoms in total. The first kappa shape index (κ1) is 19.5. The van der Waals surface area contributed by atoms with Gasteiger partial charge in [0.15, 0.2) is 5.16 Å². The van der Waals surface area contributed by atoms with Gasteiger partial charge in [-0.15, -0.1) is 10.2 Å². The molecule has 0 bridgehead atoms. The summed E-state index contributed by atoms with van der Waals surface area (Å²) in [4.78, 5) is 14.8. The molecule has 2 aromatic carbocycles. The molecule has 1 heterocycles. The third-order valence-electron chi connectivity index (χ3n) is 4.14. The molecular weight excluding hydrogens is 380 g/mol. The minimum absolute atomic E-state index is 0.0759. The lowest BCUT2D eigenvalue weighted by Gasteiger charge is -2.24. The Kier molecular flexibility index (Phi) is 6.53. The van der Waals surface area contributed by atoms with E-state index in [1.807, 2.05) is 77.9 Å². The van der Waals surface area contributed by atoms with E-state index in [0.717, 1.165) is 11.3 Å². The zero-order chi connectivity index (χ0) is 19.2. The molecule has 27 heavy (non-hydrogen) atoms. The molecule has 1 atom stereocenters. The van der Waals surface area contributed by atoms with E-state index in [-0.39, 0.29) is 11.2 Å². The van der Waals surface area contributed by atoms with E-state index in [4.69, 9.17) is 11.6 Å². The highest BCUT2D eigenvalue weighted by molar-refractivity contribution is 8.00. The van der Waals surface area contributed by atoms with E-state index >= 15 is 0 Å². The van der Waals surface area contributed by atoms with Gasteiger partial charge in [0.25, 0.3) is 0 Å². The highest BCUT2D eigenvalue weighted by atomic mass is 35.5. The fourth-order valence-corrected chi connectivity index (χ4v) is 3.83. The Labute approximate surface area is 168 Å². The van der Waals surface area contributed by atoms with E-state index in [9.17, 15) is 4.79 Å². The van der Waals surface area contributed by atoms with Crippen LogP contribution >= 0.6 is 23.4 Å². The average molecular weight is 401 g/mol. The Morgan fingerprint density at radius 3 is 2.70 bits per heavy atom. The molecule has 7 heteroatoms. The third kappa shape index (κ3) is 4.90. The zero-order valence-electron chi connectivity index (χ0n) is 15.2. The first-order chi connectivity index (χ1) is 13.1. The Balaban J connectivity index is 1.72. The lowest BCUT2D eigenvalue weighted by molar-refractivity contribution is -0.130. The number of thioether (sulfide) groups is 1. The molecule has 3 aromatic rings. The summed E-state index contributed by atoms with van der Waals surface area (Å²) in [7, 11) is 0. The summed E-state index contributed by atoms with van der Waals surface area (Å²) < 4.78 is 1.84. The molecule has 0 saturated heterocycles. The maximum atomic E-state index is 12.9. The van der Waals surface area contributed by atoms with Gasteiger partial charge in [-0.05, 0) is 37.6 Å². The van der Waals surface area contributed by atoms with Crippen LogP contribution in [0, 0.1) is 0 Å². The number of hydrogen-bond acceptors (Lipinski definition) is 4. The summed E-state index contributed by atoms with van der Waals surface area (Å²) in [6.45, 7) is 5.14. The highest BCUT2D eigenvalue weighted by Gasteiger charge is 2.23. The maximum absolute atomic E-state index is 12.9. The van der Waals surface area contributed by atoms with Crippen LogP contribution in [-0.4, -0.2) is 37.4 Å². The molecule has 0 spiro atoms. The zero-order valence-corrected chi connectivity index (χ0v) is 16.8. The standard InChI is InChI=1S/C20H21ClN4OS/c1-3-24(13-16-8-5-4-6-9-16)19(26)15(2)27-20-23-22-14-25(20)18-11-7-10-17(21)12-18/h4-12,14-15H,3,13H2,1-2H3. The second kappa shape index (κ2) is 9.06. The minimum Gasteiger partial charge on any atom is -0.338 e. The molecule has 0 aliphatic heterocycles. The van der Waals surface area contributed by atoms with Crippen molar-refractivity contribution in [3.05, 3.63) is 71.5 Å². The van der Waals surface area contributed by atoms with Crippen LogP contribution in [0.2, 0.25) is 5.02 Å². The monoisotopic (exact) mass is 400 g/mol.